The number of carbonyl (C=O) groups excluding carboxylic acids is 1. The topological polar surface area (TPSA) is 85.1 Å². The van der Waals surface area contributed by atoms with Crippen molar-refractivity contribution in [2.24, 2.45) is 5.92 Å². The Morgan fingerprint density at radius 1 is 1.46 bits per heavy atom. The zero-order valence-electron chi connectivity index (χ0n) is 13.4. The summed E-state index contributed by atoms with van der Waals surface area (Å²) in [5.74, 6) is 1.44. The van der Waals surface area contributed by atoms with E-state index in [1.165, 1.54) is 29.3 Å². The molecule has 0 bridgehead atoms. The molecule has 3 rings (SSSR count). The minimum absolute atomic E-state index is 0.0409. The van der Waals surface area contributed by atoms with Gasteiger partial charge in [0.15, 0.2) is 5.12 Å². The quantitative estimate of drug-likeness (QED) is 0.622. The van der Waals surface area contributed by atoms with Crippen LogP contribution in [0.4, 0.5) is 11.4 Å². The van der Waals surface area contributed by atoms with Gasteiger partial charge in [-0.05, 0) is 43.0 Å². The number of nitrogens with zero attached hydrogens (tertiary/aromatic N) is 2. The van der Waals surface area contributed by atoms with E-state index in [1.807, 2.05) is 11.4 Å². The molecule has 0 atom stereocenters. The van der Waals surface area contributed by atoms with Crippen LogP contribution in [-0.4, -0.2) is 26.8 Å². The minimum atomic E-state index is -0.371. The maximum atomic E-state index is 11.3. The summed E-state index contributed by atoms with van der Waals surface area (Å²) in [6, 6.07) is 2.11. The Bertz CT molecular complexity index is 754. The highest BCUT2D eigenvalue weighted by Gasteiger charge is 2.25. The summed E-state index contributed by atoms with van der Waals surface area (Å²) in [4.78, 5) is 26.2. The van der Waals surface area contributed by atoms with Gasteiger partial charge in [-0.25, -0.2) is 4.98 Å². The van der Waals surface area contributed by atoms with Crippen molar-refractivity contribution in [3.63, 3.8) is 0 Å². The summed E-state index contributed by atoms with van der Waals surface area (Å²) in [7, 11) is 0. The van der Waals surface area contributed by atoms with Crippen LogP contribution >= 0.6 is 23.1 Å². The standard InChI is InChI=1S/C16H19N3O3S2/c1-10(20)24-9-11-2-4-12(5-3-11)18-15-14(19(21)22)8-17-13-6-7-23-16(13)15/h6-8,11-12H,2-5,9H2,1H3,(H,17,18). The number of pyridine rings is 1. The molecule has 2 aromatic rings. The summed E-state index contributed by atoms with van der Waals surface area (Å²) in [5.41, 5.74) is 1.43. The molecule has 0 aromatic carbocycles. The molecule has 0 unspecified atom stereocenters. The average molecular weight is 365 g/mol. The summed E-state index contributed by atoms with van der Waals surface area (Å²) in [5, 5.41) is 16.8. The normalized spacial score (nSPS) is 20.9. The lowest BCUT2D eigenvalue weighted by atomic mass is 9.87. The number of thioether (sulfide) groups is 1. The van der Waals surface area contributed by atoms with Gasteiger partial charge in [-0.15, -0.1) is 11.3 Å². The lowest BCUT2D eigenvalue weighted by Gasteiger charge is -2.29. The zero-order valence-corrected chi connectivity index (χ0v) is 15.0. The number of anilines is 1. The molecule has 0 amide bonds. The molecule has 1 aliphatic carbocycles. The van der Waals surface area contributed by atoms with Crippen molar-refractivity contribution < 1.29 is 9.72 Å². The predicted octanol–water partition coefficient (Wildman–Crippen LogP) is 4.45. The lowest BCUT2D eigenvalue weighted by Crippen LogP contribution is -2.27. The van der Waals surface area contributed by atoms with Gasteiger partial charge in [-0.1, -0.05) is 11.8 Å². The number of thiophene rings is 1. The van der Waals surface area contributed by atoms with Crippen molar-refractivity contribution in [2.75, 3.05) is 11.1 Å². The highest BCUT2D eigenvalue weighted by atomic mass is 32.2. The Labute approximate surface area is 148 Å². The van der Waals surface area contributed by atoms with E-state index in [0.29, 0.717) is 11.6 Å². The van der Waals surface area contributed by atoms with E-state index in [-0.39, 0.29) is 21.8 Å². The van der Waals surface area contributed by atoms with Crippen LogP contribution in [0.1, 0.15) is 32.6 Å². The molecule has 0 aliphatic heterocycles. The highest BCUT2D eigenvalue weighted by Crippen LogP contribution is 2.37. The van der Waals surface area contributed by atoms with E-state index in [2.05, 4.69) is 10.3 Å². The molecule has 0 radical (unpaired) electrons. The fraction of sp³-hybridized carbons (Fsp3) is 0.500. The molecule has 2 heterocycles. The second-order valence-corrected chi connectivity index (χ2v) is 8.19. The van der Waals surface area contributed by atoms with E-state index in [9.17, 15) is 14.9 Å². The number of hydrogen-bond donors (Lipinski definition) is 1. The molecule has 24 heavy (non-hydrogen) atoms. The molecule has 1 saturated carbocycles. The van der Waals surface area contributed by atoms with Gasteiger partial charge in [-0.3, -0.25) is 14.9 Å². The number of fused-ring (bicyclic) bond motifs is 1. The molecule has 128 valence electrons. The van der Waals surface area contributed by atoms with Gasteiger partial charge in [0, 0.05) is 18.7 Å². The van der Waals surface area contributed by atoms with Crippen molar-refractivity contribution in [2.45, 2.75) is 38.6 Å². The van der Waals surface area contributed by atoms with Crippen LogP contribution in [0.3, 0.4) is 0 Å². The second-order valence-electron chi connectivity index (χ2n) is 6.08. The molecule has 1 aliphatic rings. The van der Waals surface area contributed by atoms with Crippen molar-refractivity contribution >= 4 is 49.8 Å². The van der Waals surface area contributed by atoms with E-state index in [1.54, 1.807) is 6.92 Å². The Kier molecular flexibility index (Phi) is 5.35. The van der Waals surface area contributed by atoms with Crippen LogP contribution in [0.15, 0.2) is 17.6 Å². The molecule has 6 nitrogen and oxygen atoms in total. The molecule has 2 aromatic heterocycles. The third-order valence-corrected chi connectivity index (χ3v) is 6.33. The smallest absolute Gasteiger partial charge is 0.311 e. The first-order valence-electron chi connectivity index (χ1n) is 7.95. The maximum absolute atomic E-state index is 11.3. The summed E-state index contributed by atoms with van der Waals surface area (Å²) < 4.78 is 0.846. The Morgan fingerprint density at radius 3 is 2.88 bits per heavy atom. The van der Waals surface area contributed by atoms with Crippen LogP contribution in [0, 0.1) is 16.0 Å². The third-order valence-electron chi connectivity index (χ3n) is 4.37. The van der Waals surface area contributed by atoms with Gasteiger partial charge >= 0.3 is 5.69 Å². The van der Waals surface area contributed by atoms with Crippen LogP contribution < -0.4 is 5.32 Å². The first kappa shape index (κ1) is 17.2. The van der Waals surface area contributed by atoms with Gasteiger partial charge in [0.2, 0.25) is 0 Å². The van der Waals surface area contributed by atoms with Gasteiger partial charge in [0.1, 0.15) is 11.9 Å². The molecule has 1 fully saturated rings. The van der Waals surface area contributed by atoms with E-state index >= 15 is 0 Å². The van der Waals surface area contributed by atoms with Crippen molar-refractivity contribution in [1.82, 2.24) is 4.98 Å². The summed E-state index contributed by atoms with van der Waals surface area (Å²) >= 11 is 2.87. The zero-order chi connectivity index (χ0) is 17.1. The number of hydrogen-bond acceptors (Lipinski definition) is 7. The monoisotopic (exact) mass is 365 g/mol. The number of carbonyl (C=O) groups is 1. The Hall–Kier alpha value is -1.67. The third kappa shape index (κ3) is 3.87. The SMILES string of the molecule is CC(=O)SCC1CCC(Nc2c([N+](=O)[O-])cnc3ccsc23)CC1. The van der Waals surface area contributed by atoms with Gasteiger partial charge in [0.25, 0.3) is 0 Å². The van der Waals surface area contributed by atoms with Crippen LogP contribution in [0.5, 0.6) is 0 Å². The Morgan fingerprint density at radius 2 is 2.21 bits per heavy atom. The molecule has 0 spiro atoms. The van der Waals surface area contributed by atoms with E-state index in [0.717, 1.165) is 41.7 Å². The van der Waals surface area contributed by atoms with Crippen LogP contribution in [0.2, 0.25) is 0 Å². The molecule has 8 heteroatoms. The van der Waals surface area contributed by atoms with Crippen molar-refractivity contribution in [3.8, 4) is 0 Å². The average Bonchev–Trinajstić information content (AvgIpc) is 3.03. The molecule has 0 saturated heterocycles. The predicted molar refractivity (Wildman–Crippen MR) is 98.8 cm³/mol. The van der Waals surface area contributed by atoms with Gasteiger partial charge in [-0.2, -0.15) is 0 Å². The first-order chi connectivity index (χ1) is 11.5. The van der Waals surface area contributed by atoms with Crippen molar-refractivity contribution in [1.29, 1.82) is 0 Å². The molecular formula is C16H19N3O3S2. The fourth-order valence-electron chi connectivity index (χ4n) is 3.09. The second kappa shape index (κ2) is 7.48. The van der Waals surface area contributed by atoms with Crippen LogP contribution in [0.25, 0.3) is 10.2 Å². The largest absolute Gasteiger partial charge is 0.375 e. The van der Waals surface area contributed by atoms with Crippen molar-refractivity contribution in [3.05, 3.63) is 27.8 Å². The number of rotatable bonds is 5. The fourth-order valence-corrected chi connectivity index (χ4v) is 4.75. The number of aromatic nitrogens is 1. The first-order valence-corrected chi connectivity index (χ1v) is 9.81. The van der Waals surface area contributed by atoms with Gasteiger partial charge in [0.05, 0.1) is 15.1 Å². The summed E-state index contributed by atoms with van der Waals surface area (Å²) in [6.07, 6.45) is 5.37. The van der Waals surface area contributed by atoms with E-state index in [4.69, 9.17) is 0 Å². The number of nitrogens with one attached hydrogen (secondary N) is 1. The number of nitro groups is 1. The Balaban J connectivity index is 1.70. The summed E-state index contributed by atoms with van der Waals surface area (Å²) in [6.45, 7) is 1.60. The maximum Gasteiger partial charge on any atom is 0.311 e. The van der Waals surface area contributed by atoms with Crippen LogP contribution in [-0.2, 0) is 4.79 Å². The molecule has 1 N–H and O–H groups in total. The van der Waals surface area contributed by atoms with Gasteiger partial charge < -0.3 is 5.32 Å². The van der Waals surface area contributed by atoms with E-state index < -0.39 is 0 Å². The lowest BCUT2D eigenvalue weighted by molar-refractivity contribution is -0.384. The minimum Gasteiger partial charge on any atom is -0.375 e. The highest BCUT2D eigenvalue weighted by molar-refractivity contribution is 8.13. The molecular weight excluding hydrogens is 346 g/mol.